The summed E-state index contributed by atoms with van der Waals surface area (Å²) in [7, 11) is 0. The molecule has 0 bridgehead atoms. The Morgan fingerprint density at radius 2 is 1.97 bits per heavy atom. The number of ether oxygens (including phenoxy) is 2. The topological polar surface area (TPSA) is 110 Å². The first-order chi connectivity index (χ1) is 15.0. The number of aliphatic hydroxyl groups excluding tert-OH is 2. The van der Waals surface area contributed by atoms with Gasteiger partial charge in [0, 0.05) is 16.7 Å². The predicted octanol–water partition coefficient (Wildman–Crippen LogP) is 3.13. The minimum atomic E-state index is -1.53. The molecule has 2 N–H and O–H groups in total. The van der Waals surface area contributed by atoms with Crippen molar-refractivity contribution in [2.24, 2.45) is 28.6 Å². The molecule has 0 aromatic heterocycles. The number of rotatable bonds is 4. The molecule has 4 rings (SSSR count). The van der Waals surface area contributed by atoms with E-state index >= 15 is 0 Å². The molecule has 0 radical (unpaired) electrons. The zero-order valence-electron chi connectivity index (χ0n) is 19.3. The fraction of sp³-hybridized carbons (Fsp3) is 0.720. The molecule has 0 spiro atoms. The summed E-state index contributed by atoms with van der Waals surface area (Å²) in [5.74, 6) is -0.520. The van der Waals surface area contributed by atoms with Crippen LogP contribution in [0.3, 0.4) is 0 Å². The van der Waals surface area contributed by atoms with Gasteiger partial charge in [0.25, 0.3) is 0 Å². The van der Waals surface area contributed by atoms with Crippen LogP contribution < -0.4 is 0 Å². The fourth-order valence-electron chi connectivity index (χ4n) is 7.48. The van der Waals surface area contributed by atoms with Crippen LogP contribution in [0.15, 0.2) is 23.8 Å². The third kappa shape index (κ3) is 3.19. The van der Waals surface area contributed by atoms with Gasteiger partial charge in [-0.3, -0.25) is 9.59 Å². The lowest BCUT2D eigenvalue weighted by molar-refractivity contribution is -0.184. The molecule has 0 amide bonds. The van der Waals surface area contributed by atoms with Crippen LogP contribution in [0.4, 0.5) is 4.79 Å². The summed E-state index contributed by atoms with van der Waals surface area (Å²) in [4.78, 5) is 37.5. The first kappa shape index (κ1) is 23.2. The van der Waals surface area contributed by atoms with Crippen molar-refractivity contribution in [1.29, 1.82) is 0 Å². The van der Waals surface area contributed by atoms with Gasteiger partial charge in [-0.05, 0) is 69.9 Å². The van der Waals surface area contributed by atoms with Gasteiger partial charge >= 0.3 is 6.16 Å². The monoisotopic (exact) mass is 446 g/mol. The average molecular weight is 447 g/mol. The summed E-state index contributed by atoms with van der Waals surface area (Å²) in [6.45, 7) is 6.66. The molecule has 4 aliphatic carbocycles. The van der Waals surface area contributed by atoms with Gasteiger partial charge in [-0.15, -0.1) is 0 Å². The Hall–Kier alpha value is -1.99. The van der Waals surface area contributed by atoms with Crippen molar-refractivity contribution < 1.29 is 34.1 Å². The third-order valence-electron chi connectivity index (χ3n) is 8.80. The van der Waals surface area contributed by atoms with E-state index in [2.05, 4.69) is 6.92 Å². The molecular formula is C25H34O7. The summed E-state index contributed by atoms with van der Waals surface area (Å²) in [6, 6.07) is 0. The predicted molar refractivity (Wildman–Crippen MR) is 116 cm³/mol. The number of ketones is 2. The maximum atomic E-state index is 13.1. The molecule has 3 fully saturated rings. The number of carbonyl (C=O) groups is 3. The van der Waals surface area contributed by atoms with Gasteiger partial charge in [0.2, 0.25) is 5.78 Å². The number of carbonyl (C=O) groups excluding carboxylic acids is 3. The van der Waals surface area contributed by atoms with E-state index in [1.165, 1.54) is 0 Å². The Morgan fingerprint density at radius 3 is 2.62 bits per heavy atom. The maximum Gasteiger partial charge on any atom is 0.509 e. The molecule has 0 aromatic carbocycles. The zero-order valence-corrected chi connectivity index (χ0v) is 19.3. The van der Waals surface area contributed by atoms with E-state index in [1.54, 1.807) is 26.0 Å². The molecule has 4 aliphatic rings. The summed E-state index contributed by atoms with van der Waals surface area (Å²) < 4.78 is 10.9. The van der Waals surface area contributed by atoms with Gasteiger partial charge < -0.3 is 19.7 Å². The van der Waals surface area contributed by atoms with Crippen molar-refractivity contribution in [3.05, 3.63) is 23.8 Å². The van der Waals surface area contributed by atoms with Gasteiger partial charge in [0.1, 0.15) is 6.61 Å². The lowest BCUT2D eigenvalue weighted by atomic mass is 9.46. The highest BCUT2D eigenvalue weighted by atomic mass is 16.7. The lowest BCUT2D eigenvalue weighted by Crippen LogP contribution is -2.63. The zero-order chi connectivity index (χ0) is 23.5. The number of aliphatic hydroxyl groups is 2. The van der Waals surface area contributed by atoms with Crippen molar-refractivity contribution >= 4 is 17.7 Å². The average Bonchev–Trinajstić information content (AvgIpc) is 2.99. The number of Topliss-reactive ketones (excluding diaryl/α,β-unsaturated/α-hetero) is 1. The van der Waals surface area contributed by atoms with Crippen LogP contribution >= 0.6 is 0 Å². The number of hydrogen-bond donors (Lipinski definition) is 2. The van der Waals surface area contributed by atoms with E-state index in [4.69, 9.17) is 9.47 Å². The third-order valence-corrected chi connectivity index (χ3v) is 8.80. The molecule has 0 heterocycles. The molecule has 0 saturated heterocycles. The molecule has 176 valence electrons. The van der Waals surface area contributed by atoms with Crippen LogP contribution in [-0.2, 0) is 19.1 Å². The second kappa shape index (κ2) is 7.80. The highest BCUT2D eigenvalue weighted by Crippen LogP contribution is 2.67. The summed E-state index contributed by atoms with van der Waals surface area (Å²) in [5, 5.41) is 21.2. The van der Waals surface area contributed by atoms with E-state index in [1.807, 2.05) is 13.0 Å². The quantitative estimate of drug-likeness (QED) is 0.639. The lowest BCUT2D eigenvalue weighted by Gasteiger charge is -2.59. The Morgan fingerprint density at radius 1 is 1.25 bits per heavy atom. The van der Waals surface area contributed by atoms with Gasteiger partial charge in [-0.25, -0.2) is 4.79 Å². The second-order valence-corrected chi connectivity index (χ2v) is 10.7. The number of allylic oxidation sites excluding steroid dienone is 4. The highest BCUT2D eigenvalue weighted by Gasteiger charge is 2.70. The van der Waals surface area contributed by atoms with Gasteiger partial charge in [-0.2, -0.15) is 0 Å². The molecule has 7 heteroatoms. The van der Waals surface area contributed by atoms with Gasteiger partial charge in [0.05, 0.1) is 12.2 Å². The van der Waals surface area contributed by atoms with E-state index in [0.29, 0.717) is 12.8 Å². The van der Waals surface area contributed by atoms with E-state index in [0.717, 1.165) is 18.4 Å². The molecule has 7 atom stereocenters. The molecule has 3 saturated carbocycles. The summed E-state index contributed by atoms with van der Waals surface area (Å²) in [6.07, 6.45) is 5.93. The van der Waals surface area contributed by atoms with Crippen molar-refractivity contribution in [3.63, 3.8) is 0 Å². The standard InChI is InChI=1S/C25H34O7/c1-14(2)31-22(30)32-25(20(29)13-26)10-8-18-17-6-5-15-11-16(27)7-9-23(15,3)21(17)19(28)12-24(18,25)4/h7,9,11,14,17-19,21,26,28H,5-6,8,10,12-13H2,1-4H3/t17-,18-,19?,21+,23-,24-,25-/m0/s1. The molecule has 32 heavy (non-hydrogen) atoms. The van der Waals surface area contributed by atoms with Gasteiger partial charge in [0.15, 0.2) is 11.4 Å². The largest absolute Gasteiger partial charge is 0.509 e. The minimum Gasteiger partial charge on any atom is -0.432 e. The van der Waals surface area contributed by atoms with Crippen LogP contribution in [0.1, 0.15) is 59.8 Å². The number of fused-ring (bicyclic) bond motifs is 5. The Balaban J connectivity index is 1.72. The minimum absolute atomic E-state index is 0.0171. The number of hydrogen-bond acceptors (Lipinski definition) is 7. The van der Waals surface area contributed by atoms with Crippen molar-refractivity contribution in [2.75, 3.05) is 6.61 Å². The smallest absolute Gasteiger partial charge is 0.432 e. The summed E-state index contributed by atoms with van der Waals surface area (Å²) >= 11 is 0. The molecule has 1 unspecified atom stereocenters. The Bertz CT molecular complexity index is 889. The Labute approximate surface area is 188 Å². The van der Waals surface area contributed by atoms with Crippen LogP contribution in [0.2, 0.25) is 0 Å². The molecular weight excluding hydrogens is 412 g/mol. The van der Waals surface area contributed by atoms with Crippen molar-refractivity contribution in [2.45, 2.75) is 77.6 Å². The first-order valence-electron chi connectivity index (χ1n) is 11.6. The molecule has 0 aromatic rings. The van der Waals surface area contributed by atoms with Crippen LogP contribution in [0, 0.1) is 28.6 Å². The fourth-order valence-corrected chi connectivity index (χ4v) is 7.48. The SMILES string of the molecule is CC(C)OC(=O)O[C@]1(C(=O)CO)CC[C@H]2[C@@H]3CCC4=CC(=O)C=C[C@]4(C)[C@H]3C(O)C[C@@]21C. The van der Waals surface area contributed by atoms with Crippen molar-refractivity contribution in [1.82, 2.24) is 0 Å². The normalized spacial score (nSPS) is 42.6. The van der Waals surface area contributed by atoms with Gasteiger partial charge in [-0.1, -0.05) is 25.5 Å². The maximum absolute atomic E-state index is 13.1. The van der Waals surface area contributed by atoms with E-state index < -0.39 is 47.2 Å². The van der Waals surface area contributed by atoms with Crippen LogP contribution in [0.25, 0.3) is 0 Å². The highest BCUT2D eigenvalue weighted by molar-refractivity contribution is 6.01. The molecule has 0 aliphatic heterocycles. The summed E-state index contributed by atoms with van der Waals surface area (Å²) in [5.41, 5.74) is -1.71. The van der Waals surface area contributed by atoms with E-state index in [9.17, 15) is 24.6 Å². The molecule has 7 nitrogen and oxygen atoms in total. The van der Waals surface area contributed by atoms with Crippen LogP contribution in [0.5, 0.6) is 0 Å². The second-order valence-electron chi connectivity index (χ2n) is 10.7. The van der Waals surface area contributed by atoms with Crippen molar-refractivity contribution in [3.8, 4) is 0 Å². The van der Waals surface area contributed by atoms with Crippen LogP contribution in [-0.4, -0.2) is 52.4 Å². The van der Waals surface area contributed by atoms with E-state index in [-0.39, 0.29) is 30.0 Å². The Kier molecular flexibility index (Phi) is 5.65. The first-order valence-corrected chi connectivity index (χ1v) is 11.6.